The highest BCUT2D eigenvalue weighted by Crippen LogP contribution is 2.17. The highest BCUT2D eigenvalue weighted by Gasteiger charge is 2.28. The molecular formula is C17H16F3N3O3. The summed E-state index contributed by atoms with van der Waals surface area (Å²) in [5, 5.41) is 2.57. The highest BCUT2D eigenvalue weighted by atomic mass is 19.4. The maximum absolute atomic E-state index is 12.2. The Kier molecular flexibility index (Phi) is 6.26. The van der Waals surface area contributed by atoms with Crippen LogP contribution in [0.25, 0.3) is 0 Å². The molecule has 2 aromatic rings. The van der Waals surface area contributed by atoms with Crippen LogP contribution in [0.3, 0.4) is 0 Å². The molecule has 0 fully saturated rings. The van der Waals surface area contributed by atoms with Gasteiger partial charge >= 0.3 is 6.18 Å². The quantitative estimate of drug-likeness (QED) is 0.813. The molecule has 2 aromatic heterocycles. The van der Waals surface area contributed by atoms with E-state index >= 15 is 0 Å². The molecule has 0 radical (unpaired) electrons. The van der Waals surface area contributed by atoms with Crippen molar-refractivity contribution in [1.82, 2.24) is 15.3 Å². The number of rotatable bonds is 7. The number of nitrogens with zero attached hydrogens (tertiary/aromatic N) is 2. The normalized spacial score (nSPS) is 11.1. The molecule has 0 saturated heterocycles. The molecule has 1 N–H and O–H groups in total. The lowest BCUT2D eigenvalue weighted by molar-refractivity contribution is -0.154. The minimum atomic E-state index is -4.46. The second kappa shape index (κ2) is 8.41. The zero-order valence-corrected chi connectivity index (χ0v) is 13.8. The van der Waals surface area contributed by atoms with Crippen molar-refractivity contribution in [2.75, 3.05) is 6.61 Å². The smallest absolute Gasteiger partial charge is 0.422 e. The van der Waals surface area contributed by atoms with E-state index in [4.69, 9.17) is 0 Å². The van der Waals surface area contributed by atoms with Gasteiger partial charge in [-0.15, -0.1) is 0 Å². The Balaban J connectivity index is 1.96. The van der Waals surface area contributed by atoms with Crippen molar-refractivity contribution >= 4 is 11.7 Å². The van der Waals surface area contributed by atoms with Gasteiger partial charge in [-0.1, -0.05) is 12.1 Å². The number of aromatic nitrogens is 2. The molecule has 6 nitrogen and oxygen atoms in total. The monoisotopic (exact) mass is 367 g/mol. The number of Topliss-reactive ketones (excluding diaryl/α,β-unsaturated/α-hetero) is 1. The Morgan fingerprint density at radius 2 is 1.77 bits per heavy atom. The first-order valence-electron chi connectivity index (χ1n) is 7.62. The molecule has 0 aliphatic rings. The van der Waals surface area contributed by atoms with E-state index in [-0.39, 0.29) is 30.3 Å². The van der Waals surface area contributed by atoms with Gasteiger partial charge in [0.25, 0.3) is 5.91 Å². The number of nitrogens with one attached hydrogen (secondary N) is 1. The van der Waals surface area contributed by atoms with Crippen LogP contribution in [0.15, 0.2) is 36.4 Å². The average molecular weight is 367 g/mol. The van der Waals surface area contributed by atoms with Crippen molar-refractivity contribution in [2.45, 2.75) is 26.1 Å². The maximum Gasteiger partial charge on any atom is 0.422 e. The van der Waals surface area contributed by atoms with Crippen molar-refractivity contribution in [3.05, 3.63) is 53.5 Å². The summed E-state index contributed by atoms with van der Waals surface area (Å²) in [4.78, 5) is 31.2. The number of halogens is 3. The Bertz CT molecular complexity index is 794. The van der Waals surface area contributed by atoms with Crippen LogP contribution in [0.5, 0.6) is 5.88 Å². The Labute approximate surface area is 147 Å². The number of carbonyl (C=O) groups excluding carboxylic acids is 2. The number of hydrogen-bond donors (Lipinski definition) is 1. The predicted octanol–water partition coefficient (Wildman–Crippen LogP) is 2.48. The molecule has 0 atom stereocenters. The van der Waals surface area contributed by atoms with E-state index in [2.05, 4.69) is 20.0 Å². The van der Waals surface area contributed by atoms with Crippen molar-refractivity contribution in [2.24, 2.45) is 0 Å². The number of hydrogen-bond acceptors (Lipinski definition) is 5. The van der Waals surface area contributed by atoms with Crippen LogP contribution < -0.4 is 10.1 Å². The fourth-order valence-electron chi connectivity index (χ4n) is 2.01. The van der Waals surface area contributed by atoms with E-state index in [1.165, 1.54) is 25.1 Å². The molecule has 138 valence electrons. The van der Waals surface area contributed by atoms with E-state index in [1.807, 2.05) is 0 Å². The van der Waals surface area contributed by atoms with Gasteiger partial charge in [0.2, 0.25) is 5.88 Å². The Hall–Kier alpha value is -2.97. The fraction of sp³-hybridized carbons (Fsp3) is 0.294. The fourth-order valence-corrected chi connectivity index (χ4v) is 2.01. The summed E-state index contributed by atoms with van der Waals surface area (Å²) in [5.41, 5.74) is 0.942. The third-order valence-corrected chi connectivity index (χ3v) is 3.06. The van der Waals surface area contributed by atoms with Gasteiger partial charge in [0.1, 0.15) is 11.5 Å². The minimum absolute atomic E-state index is 0.0132. The van der Waals surface area contributed by atoms with E-state index in [0.29, 0.717) is 11.4 Å². The van der Waals surface area contributed by atoms with Gasteiger partial charge in [-0.25, -0.2) is 9.97 Å². The Morgan fingerprint density at radius 3 is 2.46 bits per heavy atom. The van der Waals surface area contributed by atoms with Crippen LogP contribution in [0.4, 0.5) is 13.2 Å². The molecule has 26 heavy (non-hydrogen) atoms. The first-order chi connectivity index (χ1) is 12.2. The summed E-state index contributed by atoms with van der Waals surface area (Å²) >= 11 is 0. The zero-order valence-electron chi connectivity index (χ0n) is 13.8. The molecule has 9 heteroatoms. The Morgan fingerprint density at radius 1 is 1.08 bits per heavy atom. The molecule has 2 heterocycles. The summed E-state index contributed by atoms with van der Waals surface area (Å²) in [6.07, 6.45) is -4.33. The van der Waals surface area contributed by atoms with Gasteiger partial charge in [0.05, 0.1) is 12.2 Å². The zero-order chi connectivity index (χ0) is 19.2. The summed E-state index contributed by atoms with van der Waals surface area (Å²) in [6, 6.07) is 9.07. The van der Waals surface area contributed by atoms with Gasteiger partial charge in [-0.3, -0.25) is 9.59 Å². The number of ether oxygens (including phenoxy) is 1. The molecule has 0 saturated carbocycles. The summed E-state index contributed by atoms with van der Waals surface area (Å²) in [6.45, 7) is -0.0305. The molecule has 0 aliphatic heterocycles. The maximum atomic E-state index is 12.2. The van der Waals surface area contributed by atoms with Crippen LogP contribution in [0.2, 0.25) is 0 Å². The third kappa shape index (κ3) is 6.50. The van der Waals surface area contributed by atoms with Crippen LogP contribution in [0, 0.1) is 0 Å². The van der Waals surface area contributed by atoms with Crippen molar-refractivity contribution in [3.8, 4) is 5.88 Å². The lowest BCUT2D eigenvalue weighted by Crippen LogP contribution is -2.25. The molecule has 0 unspecified atom stereocenters. The second-order valence-corrected chi connectivity index (χ2v) is 5.45. The number of amides is 1. The number of pyridine rings is 2. The van der Waals surface area contributed by atoms with Crippen molar-refractivity contribution in [1.29, 1.82) is 0 Å². The molecular weight excluding hydrogens is 351 g/mol. The van der Waals surface area contributed by atoms with Crippen LogP contribution >= 0.6 is 0 Å². The van der Waals surface area contributed by atoms with E-state index in [0.717, 1.165) is 0 Å². The van der Waals surface area contributed by atoms with Gasteiger partial charge < -0.3 is 10.1 Å². The summed E-state index contributed by atoms with van der Waals surface area (Å²) in [5.74, 6) is -0.746. The first kappa shape index (κ1) is 19.4. The molecule has 0 aliphatic carbocycles. The molecule has 0 bridgehead atoms. The largest absolute Gasteiger partial charge is 0.468 e. The van der Waals surface area contributed by atoms with Gasteiger partial charge in [0.15, 0.2) is 6.61 Å². The van der Waals surface area contributed by atoms with E-state index in [1.54, 1.807) is 18.2 Å². The molecule has 0 aromatic carbocycles. The number of alkyl halides is 3. The number of ketones is 1. The van der Waals surface area contributed by atoms with Crippen LogP contribution in [-0.2, 0) is 17.8 Å². The lowest BCUT2D eigenvalue weighted by Gasteiger charge is -2.10. The lowest BCUT2D eigenvalue weighted by atomic mass is 10.2. The highest BCUT2D eigenvalue weighted by molar-refractivity contribution is 5.92. The first-order valence-corrected chi connectivity index (χ1v) is 7.62. The standard InChI is InChI=1S/C17H16F3N3O3/c1-11(24)8-12-4-2-6-14(22-12)16(25)21-9-13-5-3-7-15(23-13)26-10-17(18,19)20/h2-7H,8-10H2,1H3,(H,21,25). The van der Waals surface area contributed by atoms with Crippen molar-refractivity contribution < 1.29 is 27.5 Å². The minimum Gasteiger partial charge on any atom is -0.468 e. The van der Waals surface area contributed by atoms with Crippen LogP contribution in [0.1, 0.15) is 28.8 Å². The van der Waals surface area contributed by atoms with Gasteiger partial charge in [-0.05, 0) is 25.1 Å². The van der Waals surface area contributed by atoms with Crippen LogP contribution in [-0.4, -0.2) is 34.4 Å². The topological polar surface area (TPSA) is 81.2 Å². The predicted molar refractivity (Wildman–Crippen MR) is 85.6 cm³/mol. The average Bonchev–Trinajstić information content (AvgIpc) is 2.57. The van der Waals surface area contributed by atoms with Gasteiger partial charge in [0, 0.05) is 18.2 Å². The van der Waals surface area contributed by atoms with Gasteiger partial charge in [-0.2, -0.15) is 13.2 Å². The SMILES string of the molecule is CC(=O)Cc1cccc(C(=O)NCc2cccc(OCC(F)(F)F)n2)n1. The molecule has 2 rings (SSSR count). The molecule has 1 amide bonds. The third-order valence-electron chi connectivity index (χ3n) is 3.06. The van der Waals surface area contributed by atoms with E-state index in [9.17, 15) is 22.8 Å². The molecule has 0 spiro atoms. The van der Waals surface area contributed by atoms with Crippen molar-refractivity contribution in [3.63, 3.8) is 0 Å². The second-order valence-electron chi connectivity index (χ2n) is 5.45. The number of carbonyl (C=O) groups is 2. The van der Waals surface area contributed by atoms with E-state index < -0.39 is 18.7 Å². The summed E-state index contributed by atoms with van der Waals surface area (Å²) in [7, 11) is 0. The summed E-state index contributed by atoms with van der Waals surface area (Å²) < 4.78 is 41.0.